The van der Waals surface area contributed by atoms with Gasteiger partial charge in [-0.25, -0.2) is 0 Å². The van der Waals surface area contributed by atoms with Gasteiger partial charge in [0, 0.05) is 27.5 Å². The monoisotopic (exact) mass is 327 g/mol. The Labute approximate surface area is 136 Å². The average Bonchev–Trinajstić information content (AvgIpc) is 2.51. The van der Waals surface area contributed by atoms with Gasteiger partial charge >= 0.3 is 0 Å². The highest BCUT2D eigenvalue weighted by molar-refractivity contribution is 8.07. The molecule has 1 aromatic rings. The molecule has 1 heterocycles. The van der Waals surface area contributed by atoms with E-state index in [0.29, 0.717) is 16.5 Å². The summed E-state index contributed by atoms with van der Waals surface area (Å²) in [4.78, 5) is 0. The maximum absolute atomic E-state index is 5.43. The molecule has 4 atom stereocenters. The highest BCUT2D eigenvalue weighted by Gasteiger charge is 2.31. The predicted molar refractivity (Wildman–Crippen MR) is 94.1 cm³/mol. The van der Waals surface area contributed by atoms with Gasteiger partial charge in [-0.1, -0.05) is 19.9 Å². The molecule has 0 radical (unpaired) electrons. The molecule has 3 nitrogen and oxygen atoms in total. The van der Waals surface area contributed by atoms with E-state index in [1.54, 1.807) is 14.2 Å². The molecule has 0 aromatic heterocycles. The zero-order valence-electron chi connectivity index (χ0n) is 13.4. The number of benzene rings is 1. The van der Waals surface area contributed by atoms with E-state index in [9.17, 15) is 0 Å². The first kappa shape index (κ1) is 16.8. The van der Waals surface area contributed by atoms with Crippen LogP contribution < -0.4 is 14.8 Å². The molecule has 1 saturated heterocycles. The van der Waals surface area contributed by atoms with Crippen molar-refractivity contribution in [2.45, 2.75) is 35.6 Å². The zero-order chi connectivity index (χ0) is 15.4. The van der Waals surface area contributed by atoms with Crippen molar-refractivity contribution in [3.8, 4) is 11.5 Å². The van der Waals surface area contributed by atoms with Crippen molar-refractivity contribution in [1.29, 1.82) is 0 Å². The van der Waals surface area contributed by atoms with E-state index in [2.05, 4.69) is 54.8 Å². The predicted octanol–water partition coefficient (Wildman–Crippen LogP) is 3.59. The summed E-state index contributed by atoms with van der Waals surface area (Å²) in [5, 5.41) is 5.47. The van der Waals surface area contributed by atoms with Gasteiger partial charge in [0.15, 0.2) is 11.5 Å². The fourth-order valence-corrected chi connectivity index (χ4v) is 5.75. The third kappa shape index (κ3) is 3.82. The van der Waals surface area contributed by atoms with Crippen molar-refractivity contribution in [2.24, 2.45) is 0 Å². The molecule has 5 heteroatoms. The lowest BCUT2D eigenvalue weighted by Crippen LogP contribution is -2.35. The van der Waals surface area contributed by atoms with Crippen LogP contribution >= 0.6 is 23.5 Å². The van der Waals surface area contributed by atoms with E-state index in [0.717, 1.165) is 16.7 Å². The summed E-state index contributed by atoms with van der Waals surface area (Å²) in [6.07, 6.45) is 0. The maximum Gasteiger partial charge on any atom is 0.161 e. The molecule has 0 spiro atoms. The van der Waals surface area contributed by atoms with Gasteiger partial charge in [-0.15, -0.1) is 0 Å². The van der Waals surface area contributed by atoms with Crippen LogP contribution in [0.15, 0.2) is 18.2 Å². The zero-order valence-corrected chi connectivity index (χ0v) is 15.0. The Kier molecular flexibility index (Phi) is 6.14. The van der Waals surface area contributed by atoms with Gasteiger partial charge in [0.1, 0.15) is 0 Å². The van der Waals surface area contributed by atoms with Crippen LogP contribution in [0.4, 0.5) is 0 Å². The fraction of sp³-hybridized carbons (Fsp3) is 0.625. The third-order valence-corrected chi connectivity index (χ3v) is 7.52. The number of nitrogens with one attached hydrogen (secondary N) is 1. The van der Waals surface area contributed by atoms with Crippen LogP contribution in [0.1, 0.15) is 25.5 Å². The summed E-state index contributed by atoms with van der Waals surface area (Å²) in [6, 6.07) is 6.55. The minimum atomic E-state index is 0.331. The number of hydrogen-bond acceptors (Lipinski definition) is 5. The minimum absolute atomic E-state index is 0.331. The van der Waals surface area contributed by atoms with Crippen molar-refractivity contribution in [3.63, 3.8) is 0 Å². The lowest BCUT2D eigenvalue weighted by Gasteiger charge is -2.36. The van der Waals surface area contributed by atoms with Gasteiger partial charge in [0.25, 0.3) is 0 Å². The van der Waals surface area contributed by atoms with E-state index >= 15 is 0 Å². The number of rotatable bonds is 5. The standard InChI is InChI=1S/C16H25NO2S2/c1-10-11(2)21-15(9-20-10)16(17-3)12-6-7-13(18-4)14(8-12)19-5/h6-8,10-11,15-17H,9H2,1-5H3. The molecule has 1 fully saturated rings. The van der Waals surface area contributed by atoms with E-state index in [-0.39, 0.29) is 0 Å². The third-order valence-electron chi connectivity index (χ3n) is 4.02. The summed E-state index contributed by atoms with van der Waals surface area (Å²) >= 11 is 4.16. The van der Waals surface area contributed by atoms with Crippen LogP contribution in [0, 0.1) is 0 Å². The van der Waals surface area contributed by atoms with Crippen molar-refractivity contribution in [2.75, 3.05) is 27.0 Å². The van der Waals surface area contributed by atoms with Crippen LogP contribution in [0.25, 0.3) is 0 Å². The Balaban J connectivity index is 2.21. The molecular weight excluding hydrogens is 302 g/mol. The number of hydrogen-bond donors (Lipinski definition) is 1. The van der Waals surface area contributed by atoms with Crippen LogP contribution in [0.5, 0.6) is 11.5 Å². The van der Waals surface area contributed by atoms with Crippen molar-refractivity contribution < 1.29 is 9.47 Å². The molecule has 2 rings (SSSR count). The topological polar surface area (TPSA) is 30.5 Å². The van der Waals surface area contributed by atoms with Gasteiger partial charge in [0.05, 0.1) is 14.2 Å². The van der Waals surface area contributed by atoms with E-state index in [1.807, 2.05) is 13.1 Å². The molecular formula is C16H25NO2S2. The Morgan fingerprint density at radius 2 is 1.86 bits per heavy atom. The second kappa shape index (κ2) is 7.65. The van der Waals surface area contributed by atoms with Gasteiger partial charge in [0.2, 0.25) is 0 Å². The molecule has 1 aliphatic heterocycles. The van der Waals surface area contributed by atoms with E-state index in [4.69, 9.17) is 9.47 Å². The summed E-state index contributed by atoms with van der Waals surface area (Å²) in [5.74, 6) is 2.75. The summed E-state index contributed by atoms with van der Waals surface area (Å²) < 4.78 is 10.8. The van der Waals surface area contributed by atoms with E-state index < -0.39 is 0 Å². The molecule has 1 N–H and O–H groups in total. The summed E-state index contributed by atoms with van der Waals surface area (Å²) in [6.45, 7) is 4.65. The highest BCUT2D eigenvalue weighted by atomic mass is 32.2. The number of thioether (sulfide) groups is 2. The molecule has 1 aromatic carbocycles. The van der Waals surface area contributed by atoms with E-state index in [1.165, 1.54) is 11.3 Å². The molecule has 0 saturated carbocycles. The molecule has 118 valence electrons. The minimum Gasteiger partial charge on any atom is -0.493 e. The molecule has 1 aliphatic rings. The van der Waals surface area contributed by atoms with Gasteiger partial charge in [-0.05, 0) is 24.7 Å². The Bertz CT molecular complexity index is 470. The Hall–Kier alpha value is -0.520. The fourth-order valence-electron chi connectivity index (χ4n) is 2.60. The quantitative estimate of drug-likeness (QED) is 0.893. The molecule has 0 bridgehead atoms. The smallest absolute Gasteiger partial charge is 0.161 e. The van der Waals surface area contributed by atoms with Gasteiger partial charge in [-0.3, -0.25) is 0 Å². The highest BCUT2D eigenvalue weighted by Crippen LogP contribution is 2.42. The lowest BCUT2D eigenvalue weighted by molar-refractivity contribution is 0.354. The second-order valence-electron chi connectivity index (χ2n) is 5.30. The summed E-state index contributed by atoms with van der Waals surface area (Å²) in [5.41, 5.74) is 1.26. The van der Waals surface area contributed by atoms with Gasteiger partial charge in [-0.2, -0.15) is 23.5 Å². The van der Waals surface area contributed by atoms with Crippen molar-refractivity contribution in [3.05, 3.63) is 23.8 Å². The van der Waals surface area contributed by atoms with Crippen LogP contribution in [0.3, 0.4) is 0 Å². The molecule has 21 heavy (non-hydrogen) atoms. The molecule has 4 unspecified atom stereocenters. The molecule has 0 aliphatic carbocycles. The first-order valence-electron chi connectivity index (χ1n) is 7.27. The largest absolute Gasteiger partial charge is 0.493 e. The lowest BCUT2D eigenvalue weighted by atomic mass is 10.0. The van der Waals surface area contributed by atoms with Crippen molar-refractivity contribution >= 4 is 23.5 Å². The van der Waals surface area contributed by atoms with Crippen LogP contribution in [-0.2, 0) is 0 Å². The van der Waals surface area contributed by atoms with Gasteiger partial charge < -0.3 is 14.8 Å². The van der Waals surface area contributed by atoms with Crippen LogP contribution in [-0.4, -0.2) is 42.8 Å². The Morgan fingerprint density at radius 1 is 1.14 bits per heavy atom. The molecule has 0 amide bonds. The average molecular weight is 328 g/mol. The normalized spacial score (nSPS) is 27.2. The van der Waals surface area contributed by atoms with Crippen LogP contribution in [0.2, 0.25) is 0 Å². The second-order valence-corrected chi connectivity index (χ2v) is 8.33. The first-order chi connectivity index (χ1) is 10.1. The Morgan fingerprint density at radius 3 is 2.43 bits per heavy atom. The van der Waals surface area contributed by atoms with Crippen molar-refractivity contribution in [1.82, 2.24) is 5.32 Å². The first-order valence-corrected chi connectivity index (χ1v) is 9.26. The SMILES string of the molecule is CNC(c1ccc(OC)c(OC)c1)C1CSC(C)C(C)S1. The number of methoxy groups -OCH3 is 2. The maximum atomic E-state index is 5.43. The number of ether oxygens (including phenoxy) is 2. The summed E-state index contributed by atoms with van der Waals surface area (Å²) in [7, 11) is 5.39.